The van der Waals surface area contributed by atoms with E-state index in [1.54, 1.807) is 23.9 Å². The average Bonchev–Trinajstić information content (AvgIpc) is 3.66. The Labute approximate surface area is 362 Å². The minimum absolute atomic E-state index is 0.134. The summed E-state index contributed by atoms with van der Waals surface area (Å²) in [6.45, 7) is 13.7. The van der Waals surface area contributed by atoms with E-state index in [4.69, 9.17) is 11.6 Å². The van der Waals surface area contributed by atoms with Gasteiger partial charge in [-0.2, -0.15) is 0 Å². The third-order valence-corrected chi connectivity index (χ3v) is 15.7. The van der Waals surface area contributed by atoms with Crippen molar-refractivity contribution in [1.29, 1.82) is 0 Å². The number of halogens is 1. The van der Waals surface area contributed by atoms with E-state index < -0.39 is 20.9 Å². The van der Waals surface area contributed by atoms with Crippen LogP contribution in [-0.4, -0.2) is 93.2 Å². The van der Waals surface area contributed by atoms with Crippen molar-refractivity contribution in [2.45, 2.75) is 74.6 Å². The highest BCUT2D eigenvalue weighted by Gasteiger charge is 2.31. The number of hydrogen-bond acceptors (Lipinski definition) is 11. The van der Waals surface area contributed by atoms with Crippen LogP contribution in [0.4, 0.5) is 16.4 Å². The average molecular weight is 880 g/mol. The van der Waals surface area contributed by atoms with Crippen molar-refractivity contribution < 1.29 is 18.1 Å². The third-order valence-electron chi connectivity index (χ3n) is 11.4. The zero-order valence-corrected chi connectivity index (χ0v) is 37.7. The number of sulfonamides is 1. The fraction of sp³-hybridized carbons (Fsp3) is 0.432. The predicted molar refractivity (Wildman–Crippen MR) is 244 cm³/mol. The number of carbonyl (C=O) groups is 1. The largest absolute Gasteiger partial charge is 0.371 e. The molecule has 2 aliphatic rings. The number of benzene rings is 3. The van der Waals surface area contributed by atoms with Gasteiger partial charge in [0.2, 0.25) is 0 Å². The topological polar surface area (TPSA) is 128 Å². The first-order valence-corrected chi connectivity index (χ1v) is 23.8. The smallest absolute Gasteiger partial charge is 0.304 e. The second kappa shape index (κ2) is 19.6. The molecule has 1 aromatic heterocycles. The minimum atomic E-state index is -4.39. The summed E-state index contributed by atoms with van der Waals surface area (Å²) in [5, 5.41) is 16.0. The normalized spacial score (nSPS) is 16.7. The molecule has 1 atom stereocenters. The van der Waals surface area contributed by atoms with Gasteiger partial charge in [0.15, 0.2) is 5.00 Å². The molecule has 2 N–H and O–H groups in total. The first kappa shape index (κ1) is 44.6. The molecule has 1 aliphatic carbocycles. The Hall–Kier alpha value is -3.92. The SMILES string of the molecule is CC(C)N(C)C(CCNc1sc(S(=O)(=O)NC(=O)c2ccc(N3CCN(CC4=C(c5ccc(Cl)cc5)CCC(C)(C)C4)CC3)cc2)cc1[N+](=O)[O-])CSc1ccccc1. The van der Waals surface area contributed by atoms with Gasteiger partial charge in [0.1, 0.15) is 4.21 Å². The molecule has 316 valence electrons. The molecule has 0 spiro atoms. The molecular formula is C44H55ClN6O5S3. The summed E-state index contributed by atoms with van der Waals surface area (Å²) in [5.41, 5.74) is 5.25. The summed E-state index contributed by atoms with van der Waals surface area (Å²) in [7, 11) is -2.33. The Kier molecular flexibility index (Phi) is 14.9. The van der Waals surface area contributed by atoms with Gasteiger partial charge in [0.05, 0.1) is 4.92 Å². The van der Waals surface area contributed by atoms with E-state index in [1.165, 1.54) is 16.7 Å². The molecule has 1 amide bonds. The molecule has 3 aromatic carbocycles. The number of piperazine rings is 1. The van der Waals surface area contributed by atoms with E-state index in [0.717, 1.165) is 90.7 Å². The zero-order chi connectivity index (χ0) is 42.3. The number of carbonyl (C=O) groups excluding carboxylic acids is 1. The second-order valence-electron chi connectivity index (χ2n) is 16.5. The molecule has 2 heterocycles. The molecule has 1 saturated heterocycles. The van der Waals surface area contributed by atoms with Crippen molar-refractivity contribution in [1.82, 2.24) is 14.5 Å². The van der Waals surface area contributed by atoms with E-state index in [-0.39, 0.29) is 38.0 Å². The fourth-order valence-corrected chi connectivity index (χ4v) is 11.3. The number of thiophene rings is 1. The highest BCUT2D eigenvalue weighted by atomic mass is 35.5. The van der Waals surface area contributed by atoms with Crippen LogP contribution >= 0.6 is 34.7 Å². The Morgan fingerprint density at radius 2 is 1.69 bits per heavy atom. The molecule has 1 fully saturated rings. The van der Waals surface area contributed by atoms with Gasteiger partial charge in [-0.25, -0.2) is 13.1 Å². The van der Waals surface area contributed by atoms with Gasteiger partial charge >= 0.3 is 5.69 Å². The van der Waals surface area contributed by atoms with Gasteiger partial charge < -0.3 is 15.1 Å². The number of anilines is 2. The standard InChI is InChI=1S/C44H55ClN6O5S3/c1-31(2)48(5)37(30-57-38-9-7-6-8-10-38)20-22-46-43-40(51(53)54)27-41(58-43)59(55,56)47-42(52)33-13-17-36(18-14-33)50-25-23-49(24-26-50)29-34-28-44(3,4)21-19-39(34)32-11-15-35(45)16-12-32/h6-18,27,31,37,46H,19-26,28-30H2,1-5H3,(H,47,52). The molecule has 15 heteroatoms. The van der Waals surface area contributed by atoms with Crippen LogP contribution in [0, 0.1) is 15.5 Å². The number of rotatable bonds is 17. The summed E-state index contributed by atoms with van der Waals surface area (Å²) in [6, 6.07) is 26.7. The van der Waals surface area contributed by atoms with Crippen LogP contribution in [0.3, 0.4) is 0 Å². The monoisotopic (exact) mass is 878 g/mol. The molecule has 1 unspecified atom stereocenters. The Bertz CT molecular complexity index is 2200. The van der Waals surface area contributed by atoms with Crippen LogP contribution in [0.5, 0.6) is 0 Å². The number of nitrogens with zero attached hydrogens (tertiary/aromatic N) is 4. The molecule has 59 heavy (non-hydrogen) atoms. The van der Waals surface area contributed by atoms with Crippen molar-refractivity contribution in [2.24, 2.45) is 5.41 Å². The van der Waals surface area contributed by atoms with Crippen LogP contribution in [0.1, 0.15) is 69.3 Å². The predicted octanol–water partition coefficient (Wildman–Crippen LogP) is 9.52. The van der Waals surface area contributed by atoms with Crippen LogP contribution in [-0.2, 0) is 10.0 Å². The quantitative estimate of drug-likeness (QED) is 0.0602. The van der Waals surface area contributed by atoms with Crippen LogP contribution in [0.2, 0.25) is 5.02 Å². The summed E-state index contributed by atoms with van der Waals surface area (Å²) >= 11 is 8.69. The Balaban J connectivity index is 1.04. The van der Waals surface area contributed by atoms with E-state index in [9.17, 15) is 23.3 Å². The lowest BCUT2D eigenvalue weighted by Gasteiger charge is -2.39. The van der Waals surface area contributed by atoms with Gasteiger partial charge in [-0.05, 0) is 112 Å². The van der Waals surface area contributed by atoms with Gasteiger partial charge in [-0.3, -0.25) is 19.8 Å². The lowest BCUT2D eigenvalue weighted by atomic mass is 9.73. The number of nitro groups is 1. The Morgan fingerprint density at radius 3 is 2.34 bits per heavy atom. The van der Waals surface area contributed by atoms with Gasteiger partial charge in [-0.1, -0.05) is 72.7 Å². The number of allylic oxidation sites excluding steroid dienone is 1. The summed E-state index contributed by atoms with van der Waals surface area (Å²) < 4.78 is 28.6. The van der Waals surface area contributed by atoms with E-state index in [1.807, 2.05) is 42.5 Å². The van der Waals surface area contributed by atoms with Crippen molar-refractivity contribution >= 4 is 72.6 Å². The summed E-state index contributed by atoms with van der Waals surface area (Å²) in [5.74, 6) is 0.0169. The van der Waals surface area contributed by atoms with Crippen molar-refractivity contribution in [2.75, 3.05) is 62.3 Å². The van der Waals surface area contributed by atoms with E-state index in [0.29, 0.717) is 13.0 Å². The Morgan fingerprint density at radius 1 is 1.02 bits per heavy atom. The summed E-state index contributed by atoms with van der Waals surface area (Å²) in [4.78, 5) is 32.8. The second-order valence-corrected chi connectivity index (χ2v) is 21.0. The molecule has 11 nitrogen and oxygen atoms in total. The summed E-state index contributed by atoms with van der Waals surface area (Å²) in [6.07, 6.45) is 3.96. The highest BCUT2D eigenvalue weighted by Crippen LogP contribution is 2.43. The lowest BCUT2D eigenvalue weighted by molar-refractivity contribution is -0.383. The van der Waals surface area contributed by atoms with Gasteiger partial charge in [0.25, 0.3) is 15.9 Å². The molecular weight excluding hydrogens is 824 g/mol. The first-order chi connectivity index (χ1) is 28.1. The minimum Gasteiger partial charge on any atom is -0.371 e. The highest BCUT2D eigenvalue weighted by molar-refractivity contribution is 7.99. The maximum atomic E-state index is 13.4. The number of thioether (sulfide) groups is 1. The lowest BCUT2D eigenvalue weighted by Crippen LogP contribution is -2.47. The van der Waals surface area contributed by atoms with Crippen molar-refractivity contribution in [3.63, 3.8) is 0 Å². The van der Waals surface area contributed by atoms with Crippen LogP contribution in [0.25, 0.3) is 5.57 Å². The molecule has 4 aromatic rings. The molecule has 0 saturated carbocycles. The molecule has 0 radical (unpaired) electrons. The van der Waals surface area contributed by atoms with Crippen molar-refractivity contribution in [3.05, 3.63) is 117 Å². The number of hydrogen-bond donors (Lipinski definition) is 2. The van der Waals surface area contributed by atoms with Gasteiger partial charge in [-0.15, -0.1) is 11.8 Å². The zero-order valence-electron chi connectivity index (χ0n) is 34.4. The molecule has 0 bridgehead atoms. The van der Waals surface area contributed by atoms with Gasteiger partial charge in [0, 0.05) is 84.3 Å². The maximum absolute atomic E-state index is 13.4. The van der Waals surface area contributed by atoms with E-state index >= 15 is 0 Å². The first-order valence-electron chi connectivity index (χ1n) is 20.1. The molecule has 1 aliphatic heterocycles. The number of amides is 1. The van der Waals surface area contributed by atoms with Crippen LogP contribution in [0.15, 0.2) is 99.6 Å². The van der Waals surface area contributed by atoms with Crippen molar-refractivity contribution in [3.8, 4) is 0 Å². The third kappa shape index (κ3) is 11.9. The number of nitrogens with one attached hydrogen (secondary N) is 2. The molecule has 6 rings (SSSR count). The van der Waals surface area contributed by atoms with Crippen LogP contribution < -0.4 is 14.9 Å². The van der Waals surface area contributed by atoms with E-state index in [2.05, 4.69) is 83.7 Å². The fourth-order valence-electron chi connectivity index (χ4n) is 7.69. The maximum Gasteiger partial charge on any atom is 0.304 e.